The molecule has 0 saturated carbocycles. The van der Waals surface area contributed by atoms with Crippen molar-refractivity contribution >= 4 is 11.4 Å². The Kier molecular flexibility index (Phi) is 7.08. The van der Waals surface area contributed by atoms with E-state index in [4.69, 9.17) is 9.72 Å². The SMILES string of the molecule is CCO[C@H]1Cc2ccccc2C1Nc1c(CC)nc(-c2ccc(N(C)C)cc2C)n(CC)c1=O. The second kappa shape index (κ2) is 10.0. The van der Waals surface area contributed by atoms with E-state index in [1.54, 1.807) is 4.57 Å². The number of anilines is 2. The molecule has 1 aliphatic rings. The summed E-state index contributed by atoms with van der Waals surface area (Å²) in [5.74, 6) is 0.728. The van der Waals surface area contributed by atoms with Gasteiger partial charge in [0.05, 0.1) is 17.8 Å². The number of aryl methyl sites for hydroxylation is 2. The molecule has 180 valence electrons. The molecule has 6 nitrogen and oxygen atoms in total. The van der Waals surface area contributed by atoms with Crippen LogP contribution < -0.4 is 15.8 Å². The molecule has 1 heterocycles. The van der Waals surface area contributed by atoms with Gasteiger partial charge in [0, 0.05) is 44.9 Å². The van der Waals surface area contributed by atoms with E-state index in [1.807, 2.05) is 27.9 Å². The van der Waals surface area contributed by atoms with E-state index in [0.717, 1.165) is 34.8 Å². The minimum atomic E-state index is -0.0757. The molecule has 0 spiro atoms. The van der Waals surface area contributed by atoms with E-state index in [-0.39, 0.29) is 17.7 Å². The molecule has 0 aliphatic heterocycles. The van der Waals surface area contributed by atoms with Crippen LogP contribution >= 0.6 is 0 Å². The lowest BCUT2D eigenvalue weighted by Crippen LogP contribution is -2.32. The maximum Gasteiger partial charge on any atom is 0.277 e. The Morgan fingerprint density at radius 1 is 1.15 bits per heavy atom. The summed E-state index contributed by atoms with van der Waals surface area (Å²) in [5.41, 5.74) is 7.04. The normalized spacial score (nSPS) is 17.0. The molecule has 4 rings (SSSR count). The number of aromatic nitrogens is 2. The highest BCUT2D eigenvalue weighted by Gasteiger charge is 2.34. The Bertz CT molecular complexity index is 1230. The van der Waals surface area contributed by atoms with Crippen LogP contribution in [-0.2, 0) is 24.1 Å². The number of benzene rings is 2. The number of hydrogen-bond acceptors (Lipinski definition) is 5. The zero-order valence-electron chi connectivity index (χ0n) is 21.2. The van der Waals surface area contributed by atoms with Crippen LogP contribution in [0.3, 0.4) is 0 Å². The summed E-state index contributed by atoms with van der Waals surface area (Å²) in [6.45, 7) is 9.33. The molecule has 2 aromatic carbocycles. The second-order valence-corrected chi connectivity index (χ2v) is 9.07. The van der Waals surface area contributed by atoms with Crippen LogP contribution in [0.25, 0.3) is 11.4 Å². The van der Waals surface area contributed by atoms with E-state index in [9.17, 15) is 4.79 Å². The third kappa shape index (κ3) is 4.34. The van der Waals surface area contributed by atoms with Gasteiger partial charge in [-0.2, -0.15) is 0 Å². The molecule has 0 bridgehead atoms. The summed E-state index contributed by atoms with van der Waals surface area (Å²) in [5, 5.41) is 3.58. The van der Waals surface area contributed by atoms with Crippen LogP contribution in [0.4, 0.5) is 11.4 Å². The molecular weight excluding hydrogens is 424 g/mol. The summed E-state index contributed by atoms with van der Waals surface area (Å²) in [6, 6.07) is 14.6. The number of rotatable bonds is 8. The first-order valence-electron chi connectivity index (χ1n) is 12.3. The third-order valence-corrected chi connectivity index (χ3v) is 6.73. The van der Waals surface area contributed by atoms with E-state index in [2.05, 4.69) is 66.5 Å². The van der Waals surface area contributed by atoms with Crippen molar-refractivity contribution in [1.29, 1.82) is 0 Å². The molecule has 0 amide bonds. The molecule has 1 aromatic heterocycles. The van der Waals surface area contributed by atoms with Gasteiger partial charge < -0.3 is 15.0 Å². The van der Waals surface area contributed by atoms with Gasteiger partial charge in [-0.05, 0) is 62.1 Å². The van der Waals surface area contributed by atoms with Gasteiger partial charge in [0.1, 0.15) is 11.5 Å². The Morgan fingerprint density at radius 2 is 1.91 bits per heavy atom. The smallest absolute Gasteiger partial charge is 0.277 e. The average molecular weight is 461 g/mol. The largest absolute Gasteiger partial charge is 0.378 e. The van der Waals surface area contributed by atoms with Crippen LogP contribution in [0.5, 0.6) is 0 Å². The molecule has 0 saturated heterocycles. The van der Waals surface area contributed by atoms with Gasteiger partial charge in [-0.25, -0.2) is 4.98 Å². The Hall–Kier alpha value is -3.12. The van der Waals surface area contributed by atoms with Gasteiger partial charge in [0.25, 0.3) is 5.56 Å². The lowest BCUT2D eigenvalue weighted by Gasteiger charge is -2.25. The van der Waals surface area contributed by atoms with E-state index < -0.39 is 0 Å². The van der Waals surface area contributed by atoms with E-state index >= 15 is 0 Å². The molecule has 0 radical (unpaired) electrons. The fourth-order valence-corrected chi connectivity index (χ4v) is 4.93. The highest BCUT2D eigenvalue weighted by molar-refractivity contribution is 5.67. The van der Waals surface area contributed by atoms with Crippen LogP contribution in [0, 0.1) is 6.92 Å². The standard InChI is InChI=1S/C28H36N4O2/c1-7-23-26(30-25-22-13-11-10-12-19(22)17-24(25)34-9-3)28(33)32(8-2)27(29-23)21-15-14-20(31(5)6)16-18(21)4/h10-16,24-25,30H,7-9,17H2,1-6H3/t24-,25?/m0/s1. The van der Waals surface area contributed by atoms with Crippen molar-refractivity contribution in [2.75, 3.05) is 30.9 Å². The molecule has 0 fully saturated rings. The molecular formula is C28H36N4O2. The number of nitrogens with zero attached hydrogens (tertiary/aromatic N) is 3. The maximum absolute atomic E-state index is 13.8. The Balaban J connectivity index is 1.81. The number of ether oxygens (including phenoxy) is 1. The van der Waals surface area contributed by atoms with E-state index in [0.29, 0.717) is 25.3 Å². The summed E-state index contributed by atoms with van der Waals surface area (Å²) >= 11 is 0. The first-order chi connectivity index (χ1) is 16.4. The average Bonchev–Trinajstić information content (AvgIpc) is 3.17. The van der Waals surface area contributed by atoms with Crippen molar-refractivity contribution in [3.05, 3.63) is 75.2 Å². The van der Waals surface area contributed by atoms with Gasteiger partial charge in [0.2, 0.25) is 0 Å². The summed E-state index contributed by atoms with van der Waals surface area (Å²) in [7, 11) is 4.06. The molecule has 3 aromatic rings. The van der Waals surface area contributed by atoms with Crippen molar-refractivity contribution in [3.63, 3.8) is 0 Å². The predicted molar refractivity (Wildman–Crippen MR) is 140 cm³/mol. The number of hydrogen-bond donors (Lipinski definition) is 1. The summed E-state index contributed by atoms with van der Waals surface area (Å²) in [6.07, 6.45) is 1.49. The first kappa shape index (κ1) is 24.0. The zero-order valence-corrected chi connectivity index (χ0v) is 21.2. The molecule has 1 aliphatic carbocycles. The maximum atomic E-state index is 13.8. The second-order valence-electron chi connectivity index (χ2n) is 9.07. The van der Waals surface area contributed by atoms with Crippen molar-refractivity contribution in [3.8, 4) is 11.4 Å². The minimum Gasteiger partial charge on any atom is -0.378 e. The summed E-state index contributed by atoms with van der Waals surface area (Å²) < 4.78 is 7.87. The highest BCUT2D eigenvalue weighted by Crippen LogP contribution is 2.36. The summed E-state index contributed by atoms with van der Waals surface area (Å²) in [4.78, 5) is 21.0. The zero-order chi connectivity index (χ0) is 24.4. The predicted octanol–water partition coefficient (Wildman–Crippen LogP) is 4.98. The topological polar surface area (TPSA) is 59.4 Å². The van der Waals surface area contributed by atoms with Crippen molar-refractivity contribution in [2.45, 2.75) is 59.2 Å². The lowest BCUT2D eigenvalue weighted by atomic mass is 10.1. The number of fused-ring (bicyclic) bond motifs is 1. The first-order valence-corrected chi connectivity index (χ1v) is 12.3. The van der Waals surface area contributed by atoms with Crippen molar-refractivity contribution < 1.29 is 4.74 Å². The van der Waals surface area contributed by atoms with Gasteiger partial charge in [0.15, 0.2) is 0 Å². The van der Waals surface area contributed by atoms with Gasteiger partial charge in [-0.1, -0.05) is 31.2 Å². The fourth-order valence-electron chi connectivity index (χ4n) is 4.93. The van der Waals surface area contributed by atoms with Crippen molar-refractivity contribution in [1.82, 2.24) is 9.55 Å². The monoisotopic (exact) mass is 460 g/mol. The van der Waals surface area contributed by atoms with Crippen LogP contribution in [0.2, 0.25) is 0 Å². The molecule has 34 heavy (non-hydrogen) atoms. The molecule has 2 atom stereocenters. The minimum absolute atomic E-state index is 0.0120. The highest BCUT2D eigenvalue weighted by atomic mass is 16.5. The van der Waals surface area contributed by atoms with Crippen molar-refractivity contribution in [2.24, 2.45) is 0 Å². The quantitative estimate of drug-likeness (QED) is 0.514. The molecule has 1 unspecified atom stereocenters. The van der Waals surface area contributed by atoms with Gasteiger partial charge >= 0.3 is 0 Å². The Morgan fingerprint density at radius 3 is 2.56 bits per heavy atom. The van der Waals surface area contributed by atoms with E-state index in [1.165, 1.54) is 11.1 Å². The van der Waals surface area contributed by atoms with Crippen LogP contribution in [0.1, 0.15) is 49.2 Å². The lowest BCUT2D eigenvalue weighted by molar-refractivity contribution is 0.0574. The number of nitrogens with one attached hydrogen (secondary N) is 1. The van der Waals surface area contributed by atoms with Gasteiger partial charge in [-0.3, -0.25) is 9.36 Å². The van der Waals surface area contributed by atoms with Crippen LogP contribution in [-0.4, -0.2) is 36.4 Å². The third-order valence-electron chi connectivity index (χ3n) is 6.73. The van der Waals surface area contributed by atoms with Crippen LogP contribution in [0.15, 0.2) is 47.3 Å². The fraction of sp³-hybridized carbons (Fsp3) is 0.429. The molecule has 1 N–H and O–H groups in total. The molecule has 6 heteroatoms. The van der Waals surface area contributed by atoms with Gasteiger partial charge in [-0.15, -0.1) is 0 Å². The Labute approximate surface area is 202 Å².